The molecule has 0 amide bonds. The lowest BCUT2D eigenvalue weighted by molar-refractivity contribution is 0.128. The average Bonchev–Trinajstić information content (AvgIpc) is 2.37. The summed E-state index contributed by atoms with van der Waals surface area (Å²) in [5.41, 5.74) is 0. The Kier molecular flexibility index (Phi) is 6.77. The van der Waals surface area contributed by atoms with Crippen molar-refractivity contribution in [3.63, 3.8) is 0 Å². The van der Waals surface area contributed by atoms with E-state index in [1.807, 2.05) is 0 Å². The fourth-order valence-electron chi connectivity index (χ4n) is 2.57. The van der Waals surface area contributed by atoms with E-state index in [9.17, 15) is 8.42 Å². The van der Waals surface area contributed by atoms with Gasteiger partial charge in [0.15, 0.2) is 9.84 Å². The predicted molar refractivity (Wildman–Crippen MR) is 81.3 cm³/mol. The highest BCUT2D eigenvalue weighted by Crippen LogP contribution is 2.14. The molecule has 1 heterocycles. The van der Waals surface area contributed by atoms with E-state index in [1.54, 1.807) is 13.8 Å². The van der Waals surface area contributed by atoms with Crippen molar-refractivity contribution >= 4 is 9.84 Å². The lowest BCUT2D eigenvalue weighted by atomic mass is 10.0. The maximum absolute atomic E-state index is 11.9. The summed E-state index contributed by atoms with van der Waals surface area (Å²) in [6, 6.07) is 1.00. The zero-order valence-electron chi connectivity index (χ0n) is 12.9. The molecule has 5 heteroatoms. The van der Waals surface area contributed by atoms with E-state index in [0.29, 0.717) is 24.4 Å². The second kappa shape index (κ2) is 7.60. The van der Waals surface area contributed by atoms with Crippen LogP contribution in [0.1, 0.15) is 47.0 Å². The van der Waals surface area contributed by atoms with Gasteiger partial charge in [-0.2, -0.15) is 0 Å². The van der Waals surface area contributed by atoms with E-state index < -0.39 is 9.84 Å². The fraction of sp³-hybridized carbons (Fsp3) is 1.00. The summed E-state index contributed by atoms with van der Waals surface area (Å²) in [6.45, 7) is 10.6. The molecule has 1 rings (SSSR count). The highest BCUT2D eigenvalue weighted by molar-refractivity contribution is 7.92. The summed E-state index contributed by atoms with van der Waals surface area (Å²) in [6.07, 6.45) is 3.40. The zero-order valence-corrected chi connectivity index (χ0v) is 13.7. The minimum atomic E-state index is -2.92. The van der Waals surface area contributed by atoms with Crippen molar-refractivity contribution in [1.29, 1.82) is 0 Å². The normalized spacial score (nSPS) is 25.9. The van der Waals surface area contributed by atoms with E-state index >= 15 is 0 Å². The molecule has 0 saturated carbocycles. The molecule has 1 aliphatic rings. The fourth-order valence-corrected chi connectivity index (χ4v) is 3.53. The second-order valence-corrected chi connectivity index (χ2v) is 8.54. The molecule has 1 fully saturated rings. The first-order chi connectivity index (χ1) is 8.90. The summed E-state index contributed by atoms with van der Waals surface area (Å²) < 4.78 is 23.9. The highest BCUT2D eigenvalue weighted by Gasteiger charge is 2.27. The first kappa shape index (κ1) is 16.9. The molecule has 0 aliphatic carbocycles. The molecular formula is C14H30N2O2S. The van der Waals surface area contributed by atoms with E-state index in [2.05, 4.69) is 24.1 Å². The van der Waals surface area contributed by atoms with Gasteiger partial charge in [0, 0.05) is 31.7 Å². The molecule has 0 aromatic rings. The number of rotatable bonds is 7. The van der Waals surface area contributed by atoms with Gasteiger partial charge in [-0.05, 0) is 26.7 Å². The number of hydrogen-bond acceptors (Lipinski definition) is 4. The van der Waals surface area contributed by atoms with Crippen LogP contribution in [0.3, 0.4) is 0 Å². The van der Waals surface area contributed by atoms with Crippen LogP contribution in [0.25, 0.3) is 0 Å². The van der Waals surface area contributed by atoms with Crippen molar-refractivity contribution < 1.29 is 8.42 Å². The van der Waals surface area contributed by atoms with Crippen LogP contribution in [0, 0.1) is 0 Å². The van der Waals surface area contributed by atoms with E-state index in [4.69, 9.17) is 0 Å². The first-order valence-electron chi connectivity index (χ1n) is 7.59. The van der Waals surface area contributed by atoms with Gasteiger partial charge in [-0.15, -0.1) is 0 Å². The summed E-state index contributed by atoms with van der Waals surface area (Å²) in [7, 11) is -2.92. The topological polar surface area (TPSA) is 49.4 Å². The van der Waals surface area contributed by atoms with Crippen molar-refractivity contribution in [1.82, 2.24) is 10.2 Å². The van der Waals surface area contributed by atoms with Crippen LogP contribution >= 0.6 is 0 Å². The third-order valence-corrected chi connectivity index (χ3v) is 6.30. The van der Waals surface area contributed by atoms with Crippen molar-refractivity contribution in [2.45, 2.75) is 64.3 Å². The van der Waals surface area contributed by atoms with Crippen molar-refractivity contribution in [2.75, 3.05) is 25.4 Å². The number of nitrogens with one attached hydrogen (secondary N) is 1. The molecule has 0 spiro atoms. The van der Waals surface area contributed by atoms with Crippen LogP contribution < -0.4 is 5.32 Å². The zero-order chi connectivity index (χ0) is 14.5. The summed E-state index contributed by atoms with van der Waals surface area (Å²) in [5.74, 6) is 0.293. The Labute approximate surface area is 118 Å². The molecule has 114 valence electrons. The van der Waals surface area contributed by atoms with Gasteiger partial charge in [0.1, 0.15) is 0 Å². The van der Waals surface area contributed by atoms with Crippen molar-refractivity contribution in [3.8, 4) is 0 Å². The molecule has 0 aromatic carbocycles. The predicted octanol–water partition coefficient (Wildman–Crippen LogP) is 1.66. The Bertz CT molecular complexity index is 354. The molecule has 1 N–H and O–H groups in total. The van der Waals surface area contributed by atoms with Crippen LogP contribution in [-0.2, 0) is 9.84 Å². The number of hydrogen-bond donors (Lipinski definition) is 1. The van der Waals surface area contributed by atoms with Crippen LogP contribution in [0.15, 0.2) is 0 Å². The van der Waals surface area contributed by atoms with Gasteiger partial charge in [0.2, 0.25) is 0 Å². The van der Waals surface area contributed by atoms with Crippen molar-refractivity contribution in [2.24, 2.45) is 0 Å². The molecule has 2 atom stereocenters. The third-order valence-electron chi connectivity index (χ3n) is 4.11. The number of piperazine rings is 1. The van der Waals surface area contributed by atoms with Gasteiger partial charge >= 0.3 is 0 Å². The molecule has 4 nitrogen and oxygen atoms in total. The highest BCUT2D eigenvalue weighted by atomic mass is 32.2. The molecule has 1 aliphatic heterocycles. The minimum Gasteiger partial charge on any atom is -0.311 e. The SMILES string of the molecule is CCCC1CNC(CC)CN1CCS(=O)(=O)C(C)C. The summed E-state index contributed by atoms with van der Waals surface area (Å²) in [5, 5.41) is 3.30. The van der Waals surface area contributed by atoms with Crippen LogP contribution in [-0.4, -0.2) is 56.0 Å². The van der Waals surface area contributed by atoms with Crippen LogP contribution in [0.2, 0.25) is 0 Å². The summed E-state index contributed by atoms with van der Waals surface area (Å²) >= 11 is 0. The molecule has 1 saturated heterocycles. The van der Waals surface area contributed by atoms with Gasteiger partial charge < -0.3 is 5.32 Å². The smallest absolute Gasteiger partial charge is 0.153 e. The maximum Gasteiger partial charge on any atom is 0.153 e. The summed E-state index contributed by atoms with van der Waals surface area (Å²) in [4.78, 5) is 2.38. The third kappa shape index (κ3) is 5.04. The van der Waals surface area contributed by atoms with Gasteiger partial charge in [-0.3, -0.25) is 4.90 Å². The van der Waals surface area contributed by atoms with Crippen LogP contribution in [0.4, 0.5) is 0 Å². The van der Waals surface area contributed by atoms with Crippen molar-refractivity contribution in [3.05, 3.63) is 0 Å². The van der Waals surface area contributed by atoms with Gasteiger partial charge in [-0.25, -0.2) is 8.42 Å². The lowest BCUT2D eigenvalue weighted by Crippen LogP contribution is -2.57. The monoisotopic (exact) mass is 290 g/mol. The maximum atomic E-state index is 11.9. The Balaban J connectivity index is 2.59. The molecule has 2 unspecified atom stereocenters. The van der Waals surface area contributed by atoms with Gasteiger partial charge in [0.05, 0.1) is 11.0 Å². The molecule has 0 radical (unpaired) electrons. The Morgan fingerprint density at radius 3 is 2.53 bits per heavy atom. The number of nitrogens with zero attached hydrogens (tertiary/aromatic N) is 1. The molecular weight excluding hydrogens is 260 g/mol. The Hall–Kier alpha value is -0.130. The average molecular weight is 290 g/mol. The van der Waals surface area contributed by atoms with Crippen LogP contribution in [0.5, 0.6) is 0 Å². The quantitative estimate of drug-likeness (QED) is 0.775. The van der Waals surface area contributed by atoms with E-state index in [0.717, 1.165) is 32.4 Å². The Morgan fingerprint density at radius 2 is 2.00 bits per heavy atom. The second-order valence-electron chi connectivity index (χ2n) is 5.87. The minimum absolute atomic E-state index is 0.262. The molecule has 0 bridgehead atoms. The van der Waals surface area contributed by atoms with E-state index in [1.165, 1.54) is 0 Å². The molecule has 0 aromatic heterocycles. The largest absolute Gasteiger partial charge is 0.311 e. The standard InChI is InChI=1S/C14H30N2O2S/c1-5-7-14-10-15-13(6-2)11-16(14)8-9-19(17,18)12(3)4/h12-15H,5-11H2,1-4H3. The van der Waals surface area contributed by atoms with Gasteiger partial charge in [-0.1, -0.05) is 20.3 Å². The van der Waals surface area contributed by atoms with E-state index in [-0.39, 0.29) is 5.25 Å². The van der Waals surface area contributed by atoms with Gasteiger partial charge in [0.25, 0.3) is 0 Å². The number of sulfone groups is 1. The first-order valence-corrected chi connectivity index (χ1v) is 9.31. The lowest BCUT2D eigenvalue weighted by Gasteiger charge is -2.40. The Morgan fingerprint density at radius 1 is 1.32 bits per heavy atom. The molecule has 19 heavy (non-hydrogen) atoms.